The number of amides is 1. The predicted octanol–water partition coefficient (Wildman–Crippen LogP) is 1.000. The molecule has 0 aliphatic carbocycles. The summed E-state index contributed by atoms with van der Waals surface area (Å²) in [4.78, 5) is 11.4. The number of carbonyl (C=O) groups is 1. The molecule has 88 valence electrons. The molecule has 16 heavy (non-hydrogen) atoms. The Morgan fingerprint density at radius 1 is 1.56 bits per heavy atom. The van der Waals surface area contributed by atoms with Crippen molar-refractivity contribution in [3.63, 3.8) is 0 Å². The lowest BCUT2D eigenvalue weighted by atomic mass is 10.1. The van der Waals surface area contributed by atoms with E-state index in [1.165, 1.54) is 0 Å². The summed E-state index contributed by atoms with van der Waals surface area (Å²) in [6, 6.07) is 5.16. The Balaban J connectivity index is 2.63. The lowest BCUT2D eigenvalue weighted by molar-refractivity contribution is -0.120. The smallest absolute Gasteiger partial charge is 0.224 e. The molecule has 0 spiro atoms. The van der Waals surface area contributed by atoms with Gasteiger partial charge in [0.25, 0.3) is 0 Å². The van der Waals surface area contributed by atoms with Crippen molar-refractivity contribution in [3.05, 3.63) is 28.8 Å². The van der Waals surface area contributed by atoms with Crippen LogP contribution < -0.4 is 10.1 Å². The summed E-state index contributed by atoms with van der Waals surface area (Å²) in [7, 11) is 1.55. The fourth-order valence-electron chi connectivity index (χ4n) is 1.23. The molecule has 1 aromatic rings. The summed E-state index contributed by atoms with van der Waals surface area (Å²) < 4.78 is 5.00. The van der Waals surface area contributed by atoms with Crippen molar-refractivity contribution in [1.29, 1.82) is 0 Å². The van der Waals surface area contributed by atoms with Gasteiger partial charge in [0.15, 0.2) is 0 Å². The van der Waals surface area contributed by atoms with Crippen molar-refractivity contribution in [3.8, 4) is 5.75 Å². The van der Waals surface area contributed by atoms with E-state index in [1.807, 2.05) is 0 Å². The maximum absolute atomic E-state index is 11.4. The van der Waals surface area contributed by atoms with E-state index in [0.717, 1.165) is 5.56 Å². The van der Waals surface area contributed by atoms with Gasteiger partial charge in [0.05, 0.1) is 20.1 Å². The lowest BCUT2D eigenvalue weighted by Crippen LogP contribution is -2.27. The van der Waals surface area contributed by atoms with Gasteiger partial charge in [0, 0.05) is 11.6 Å². The highest BCUT2D eigenvalue weighted by Crippen LogP contribution is 2.22. The number of halogens is 1. The molecular formula is C11H14ClNO3. The zero-order chi connectivity index (χ0) is 12.0. The van der Waals surface area contributed by atoms with E-state index in [2.05, 4.69) is 5.32 Å². The van der Waals surface area contributed by atoms with E-state index in [4.69, 9.17) is 21.4 Å². The number of aliphatic hydroxyl groups is 1. The molecule has 0 aromatic heterocycles. The first-order valence-electron chi connectivity index (χ1n) is 4.87. The summed E-state index contributed by atoms with van der Waals surface area (Å²) in [5.41, 5.74) is 0.734. The van der Waals surface area contributed by atoms with Crippen LogP contribution in [0.4, 0.5) is 0 Å². The van der Waals surface area contributed by atoms with E-state index in [9.17, 15) is 4.79 Å². The SMILES string of the molecule is COc1ccc(CC(=O)NCCO)c(Cl)c1. The van der Waals surface area contributed by atoms with Crippen molar-refractivity contribution >= 4 is 17.5 Å². The topological polar surface area (TPSA) is 58.6 Å². The Morgan fingerprint density at radius 2 is 2.31 bits per heavy atom. The van der Waals surface area contributed by atoms with Crippen molar-refractivity contribution in [2.75, 3.05) is 20.3 Å². The van der Waals surface area contributed by atoms with Gasteiger partial charge >= 0.3 is 0 Å². The molecule has 0 aliphatic rings. The van der Waals surface area contributed by atoms with E-state index < -0.39 is 0 Å². The van der Waals surface area contributed by atoms with Gasteiger partial charge in [0.1, 0.15) is 5.75 Å². The number of hydrogen-bond acceptors (Lipinski definition) is 3. The number of nitrogens with one attached hydrogen (secondary N) is 1. The molecule has 4 nitrogen and oxygen atoms in total. The van der Waals surface area contributed by atoms with Crippen LogP contribution >= 0.6 is 11.6 Å². The van der Waals surface area contributed by atoms with Gasteiger partial charge in [-0.25, -0.2) is 0 Å². The maximum Gasteiger partial charge on any atom is 0.224 e. The fraction of sp³-hybridized carbons (Fsp3) is 0.364. The Hall–Kier alpha value is -1.26. The quantitative estimate of drug-likeness (QED) is 0.811. The third kappa shape index (κ3) is 3.72. The molecule has 2 N–H and O–H groups in total. The summed E-state index contributed by atoms with van der Waals surface area (Å²) in [5, 5.41) is 11.6. The van der Waals surface area contributed by atoms with Crippen molar-refractivity contribution in [2.24, 2.45) is 0 Å². The van der Waals surface area contributed by atoms with Crippen LogP contribution in [0.2, 0.25) is 5.02 Å². The number of carbonyl (C=O) groups excluding carboxylic acids is 1. The molecule has 0 aliphatic heterocycles. The van der Waals surface area contributed by atoms with Crippen LogP contribution in [0.25, 0.3) is 0 Å². The third-order valence-electron chi connectivity index (χ3n) is 2.05. The first-order valence-corrected chi connectivity index (χ1v) is 5.25. The zero-order valence-electron chi connectivity index (χ0n) is 9.00. The monoisotopic (exact) mass is 243 g/mol. The second-order valence-electron chi connectivity index (χ2n) is 3.21. The average molecular weight is 244 g/mol. The second-order valence-corrected chi connectivity index (χ2v) is 3.61. The number of aliphatic hydroxyl groups excluding tert-OH is 1. The summed E-state index contributed by atoms with van der Waals surface area (Å²) in [6.45, 7) is 0.189. The molecule has 0 bridgehead atoms. The normalized spacial score (nSPS) is 9.94. The highest BCUT2D eigenvalue weighted by Gasteiger charge is 2.07. The molecule has 0 unspecified atom stereocenters. The molecule has 0 heterocycles. The van der Waals surface area contributed by atoms with Crippen LogP contribution in [0.15, 0.2) is 18.2 Å². The minimum absolute atomic E-state index is 0.0674. The highest BCUT2D eigenvalue weighted by atomic mass is 35.5. The molecule has 0 saturated carbocycles. The first kappa shape index (κ1) is 12.8. The van der Waals surface area contributed by atoms with Gasteiger partial charge in [-0.05, 0) is 17.7 Å². The third-order valence-corrected chi connectivity index (χ3v) is 2.40. The molecule has 1 amide bonds. The van der Waals surface area contributed by atoms with E-state index >= 15 is 0 Å². The minimum atomic E-state index is -0.166. The predicted molar refractivity (Wildman–Crippen MR) is 61.8 cm³/mol. The molecule has 0 radical (unpaired) electrons. The Morgan fingerprint density at radius 3 is 2.88 bits per heavy atom. The molecular weight excluding hydrogens is 230 g/mol. The number of benzene rings is 1. The molecule has 1 rings (SSSR count). The summed E-state index contributed by atoms with van der Waals surface area (Å²) >= 11 is 5.98. The molecule has 0 atom stereocenters. The van der Waals surface area contributed by atoms with Gasteiger partial charge in [-0.15, -0.1) is 0 Å². The van der Waals surface area contributed by atoms with Crippen LogP contribution in [0.3, 0.4) is 0 Å². The van der Waals surface area contributed by atoms with E-state index in [0.29, 0.717) is 10.8 Å². The number of hydrogen-bond donors (Lipinski definition) is 2. The Labute approximate surface area is 99.2 Å². The van der Waals surface area contributed by atoms with Crippen LogP contribution in [0, 0.1) is 0 Å². The molecule has 1 aromatic carbocycles. The van der Waals surface area contributed by atoms with Gasteiger partial charge in [-0.3, -0.25) is 4.79 Å². The van der Waals surface area contributed by atoms with Crippen molar-refractivity contribution in [2.45, 2.75) is 6.42 Å². The second kappa shape index (κ2) is 6.35. The molecule has 0 saturated heterocycles. The number of methoxy groups -OCH3 is 1. The number of ether oxygens (including phenoxy) is 1. The van der Waals surface area contributed by atoms with Crippen LogP contribution in [-0.4, -0.2) is 31.3 Å². The van der Waals surface area contributed by atoms with Gasteiger partial charge in [-0.2, -0.15) is 0 Å². The van der Waals surface area contributed by atoms with Crippen molar-refractivity contribution < 1.29 is 14.6 Å². The van der Waals surface area contributed by atoms with Crippen molar-refractivity contribution in [1.82, 2.24) is 5.32 Å². The van der Waals surface area contributed by atoms with Gasteiger partial charge in [0.2, 0.25) is 5.91 Å². The highest BCUT2D eigenvalue weighted by molar-refractivity contribution is 6.31. The van der Waals surface area contributed by atoms with E-state index in [-0.39, 0.29) is 25.5 Å². The average Bonchev–Trinajstić information content (AvgIpc) is 2.29. The molecule has 0 fully saturated rings. The van der Waals surface area contributed by atoms with Gasteiger partial charge < -0.3 is 15.2 Å². The summed E-state index contributed by atoms with van der Waals surface area (Å²) in [6.07, 6.45) is 0.197. The Bertz CT molecular complexity index is 368. The largest absolute Gasteiger partial charge is 0.497 e. The van der Waals surface area contributed by atoms with Crippen LogP contribution in [0.1, 0.15) is 5.56 Å². The maximum atomic E-state index is 11.4. The summed E-state index contributed by atoms with van der Waals surface area (Å²) in [5.74, 6) is 0.491. The van der Waals surface area contributed by atoms with Crippen LogP contribution in [-0.2, 0) is 11.2 Å². The Kier molecular flexibility index (Phi) is 5.08. The lowest BCUT2D eigenvalue weighted by Gasteiger charge is -2.07. The van der Waals surface area contributed by atoms with E-state index in [1.54, 1.807) is 25.3 Å². The zero-order valence-corrected chi connectivity index (χ0v) is 9.75. The van der Waals surface area contributed by atoms with Crippen LogP contribution in [0.5, 0.6) is 5.75 Å². The minimum Gasteiger partial charge on any atom is -0.497 e. The number of rotatable bonds is 5. The molecule has 5 heteroatoms. The van der Waals surface area contributed by atoms with Gasteiger partial charge in [-0.1, -0.05) is 17.7 Å². The standard InChI is InChI=1S/C11H14ClNO3/c1-16-9-3-2-8(10(12)7-9)6-11(15)13-4-5-14/h2-3,7,14H,4-6H2,1H3,(H,13,15). The first-order chi connectivity index (χ1) is 7.67. The fourth-order valence-corrected chi connectivity index (χ4v) is 1.47.